The Labute approximate surface area is 314 Å². The summed E-state index contributed by atoms with van der Waals surface area (Å²) in [6.07, 6.45) is -5.35. The number of nitriles is 1. The second-order valence-corrected chi connectivity index (χ2v) is 13.1. The molecule has 15 heteroatoms. The van der Waals surface area contributed by atoms with Crippen molar-refractivity contribution in [3.8, 4) is 28.5 Å². The Morgan fingerprint density at radius 3 is 1.91 bits per heavy atom. The van der Waals surface area contributed by atoms with Crippen LogP contribution in [0.15, 0.2) is 100 Å². The van der Waals surface area contributed by atoms with Crippen molar-refractivity contribution in [3.63, 3.8) is 0 Å². The summed E-state index contributed by atoms with van der Waals surface area (Å²) >= 11 is 7.00. The summed E-state index contributed by atoms with van der Waals surface area (Å²) in [5, 5.41) is 20.6. The monoisotopic (exact) mass is 756 g/mol. The van der Waals surface area contributed by atoms with Gasteiger partial charge >= 0.3 is 23.9 Å². The van der Waals surface area contributed by atoms with Gasteiger partial charge in [0.15, 0.2) is 23.7 Å². The fourth-order valence-electron chi connectivity index (χ4n) is 5.53. The summed E-state index contributed by atoms with van der Waals surface area (Å²) < 4.78 is 28.4. The molecule has 1 fully saturated rings. The van der Waals surface area contributed by atoms with E-state index in [1.807, 2.05) is 60.7 Å². The fourth-order valence-corrected chi connectivity index (χ4v) is 6.83. The van der Waals surface area contributed by atoms with Gasteiger partial charge in [0.1, 0.15) is 29.5 Å². The molecule has 1 aliphatic rings. The van der Waals surface area contributed by atoms with E-state index in [9.17, 15) is 24.4 Å². The lowest BCUT2D eigenvalue weighted by molar-refractivity contribution is -0.237. The molecule has 4 aromatic rings. The minimum absolute atomic E-state index is 0.0822. The molecule has 272 valence electrons. The normalized spacial score (nSPS) is 19.5. The van der Waals surface area contributed by atoms with E-state index in [-0.39, 0.29) is 10.6 Å². The second-order valence-electron chi connectivity index (χ2n) is 11.6. The van der Waals surface area contributed by atoms with Crippen molar-refractivity contribution in [2.24, 2.45) is 10.2 Å². The number of halogens is 1. The minimum atomic E-state index is -1.41. The van der Waals surface area contributed by atoms with Gasteiger partial charge in [0.2, 0.25) is 0 Å². The van der Waals surface area contributed by atoms with E-state index < -0.39 is 60.3 Å². The Hall–Kier alpha value is -5.62. The van der Waals surface area contributed by atoms with Crippen molar-refractivity contribution in [2.45, 2.75) is 62.6 Å². The van der Waals surface area contributed by atoms with Crippen LogP contribution in [0.1, 0.15) is 33.3 Å². The molecule has 5 rings (SSSR count). The van der Waals surface area contributed by atoms with Crippen LogP contribution in [-0.2, 0) is 42.9 Å². The molecule has 3 aromatic carbocycles. The highest BCUT2D eigenvalue weighted by Gasteiger charge is 2.53. The van der Waals surface area contributed by atoms with Crippen LogP contribution in [0.4, 0.5) is 11.4 Å². The van der Waals surface area contributed by atoms with E-state index in [2.05, 4.69) is 16.3 Å². The third-order valence-electron chi connectivity index (χ3n) is 7.63. The highest BCUT2D eigenvalue weighted by atomic mass is 35.5. The summed E-state index contributed by atoms with van der Waals surface area (Å²) in [7, 11) is 0. The summed E-state index contributed by atoms with van der Waals surface area (Å²) in [5.74, 6) is -2.94. The Bertz CT molecular complexity index is 2040. The average Bonchev–Trinajstić information content (AvgIpc) is 3.13. The largest absolute Gasteiger partial charge is 0.463 e. The van der Waals surface area contributed by atoms with Gasteiger partial charge in [-0.1, -0.05) is 84.0 Å². The average molecular weight is 757 g/mol. The van der Waals surface area contributed by atoms with Gasteiger partial charge in [-0.15, -0.1) is 5.11 Å². The Morgan fingerprint density at radius 1 is 0.774 bits per heavy atom. The van der Waals surface area contributed by atoms with E-state index in [0.717, 1.165) is 32.5 Å². The maximum atomic E-state index is 12.5. The Balaban J connectivity index is 1.74. The molecule has 13 nitrogen and oxygen atoms in total. The predicted octanol–water partition coefficient (Wildman–Crippen LogP) is 7.53. The number of azo groups is 1. The number of hydrogen-bond acceptors (Lipinski definition) is 14. The number of esters is 4. The van der Waals surface area contributed by atoms with Gasteiger partial charge in [0, 0.05) is 43.8 Å². The van der Waals surface area contributed by atoms with Crippen LogP contribution in [0.25, 0.3) is 22.4 Å². The highest BCUT2D eigenvalue weighted by Crippen LogP contribution is 2.46. The van der Waals surface area contributed by atoms with Gasteiger partial charge in [-0.2, -0.15) is 10.4 Å². The standard InChI is InChI=1S/C38H33ClN4O9S/c1-21(44)48-20-30-34(49-22(2)45)35(50-23(3)46)36(51-24(4)47)38(52-30)53-37-29(19-40)31(25-11-7-5-8-12-25)33(32(41-37)26-13-9-6-10-14-26)43-42-28-17-15-27(39)16-18-28/h5-18,30,34-36,38H,20H2,1-4H3/t30-,34-,35+,36-,38+/m1/s1. The first-order valence-electron chi connectivity index (χ1n) is 16.2. The first-order chi connectivity index (χ1) is 25.4. The molecule has 5 atom stereocenters. The number of rotatable bonds is 11. The zero-order valence-corrected chi connectivity index (χ0v) is 30.5. The Kier molecular flexibility index (Phi) is 12.9. The van der Waals surface area contributed by atoms with E-state index in [0.29, 0.717) is 38.8 Å². The molecule has 2 heterocycles. The SMILES string of the molecule is CC(=O)OC[C@H]1O[C@@H](Sc2nc(-c3ccccc3)c(N=Nc3ccc(Cl)cc3)c(-c3ccccc3)c2C#N)[C@H](OC(C)=O)[C@@H](OC(C)=O)[C@@H]1OC(C)=O. The van der Waals surface area contributed by atoms with Crippen LogP contribution in [-0.4, -0.2) is 65.3 Å². The van der Waals surface area contributed by atoms with Gasteiger partial charge in [-0.25, -0.2) is 4.98 Å². The van der Waals surface area contributed by atoms with Gasteiger partial charge in [-0.3, -0.25) is 19.2 Å². The number of aromatic nitrogens is 1. The summed E-state index contributed by atoms with van der Waals surface area (Å²) in [6, 6.07) is 27.2. The van der Waals surface area contributed by atoms with Crippen molar-refractivity contribution in [2.75, 3.05) is 6.61 Å². The van der Waals surface area contributed by atoms with E-state index >= 15 is 0 Å². The number of benzene rings is 3. The third-order valence-corrected chi connectivity index (χ3v) is 9.01. The molecule has 0 spiro atoms. The molecular formula is C38H33ClN4O9S. The van der Waals surface area contributed by atoms with Crippen LogP contribution in [0.3, 0.4) is 0 Å². The number of nitrogens with zero attached hydrogens (tertiary/aromatic N) is 4. The van der Waals surface area contributed by atoms with E-state index in [4.69, 9.17) is 40.3 Å². The number of pyridine rings is 1. The quantitative estimate of drug-likeness (QED) is 0.0837. The van der Waals surface area contributed by atoms with Crippen LogP contribution in [0.2, 0.25) is 5.02 Å². The first-order valence-corrected chi connectivity index (χ1v) is 17.4. The first kappa shape index (κ1) is 38.6. The number of carbonyl (C=O) groups excluding carboxylic acids is 4. The number of hydrogen-bond donors (Lipinski definition) is 0. The zero-order valence-electron chi connectivity index (χ0n) is 28.9. The Morgan fingerprint density at radius 2 is 1.34 bits per heavy atom. The van der Waals surface area contributed by atoms with E-state index in [1.54, 1.807) is 24.3 Å². The zero-order chi connectivity index (χ0) is 38.1. The van der Waals surface area contributed by atoms with Gasteiger partial charge in [-0.05, 0) is 29.8 Å². The lowest BCUT2D eigenvalue weighted by Gasteiger charge is -2.44. The van der Waals surface area contributed by atoms with Gasteiger partial charge < -0.3 is 23.7 Å². The molecule has 0 radical (unpaired) electrons. The molecule has 0 bridgehead atoms. The molecular weight excluding hydrogens is 724 g/mol. The van der Waals surface area contributed by atoms with Crippen molar-refractivity contribution in [3.05, 3.63) is 95.5 Å². The number of carbonyl (C=O) groups is 4. The molecule has 1 saturated heterocycles. The molecule has 1 aromatic heterocycles. The molecule has 0 unspecified atom stereocenters. The number of ether oxygens (including phenoxy) is 5. The van der Waals surface area contributed by atoms with Crippen molar-refractivity contribution < 1.29 is 42.9 Å². The van der Waals surface area contributed by atoms with Crippen LogP contribution in [0, 0.1) is 11.3 Å². The molecule has 0 aliphatic carbocycles. The molecule has 0 amide bonds. The predicted molar refractivity (Wildman–Crippen MR) is 193 cm³/mol. The van der Waals surface area contributed by atoms with Gasteiger partial charge in [0.05, 0.1) is 16.9 Å². The molecule has 0 N–H and O–H groups in total. The second kappa shape index (κ2) is 17.7. The maximum absolute atomic E-state index is 12.5. The van der Waals surface area contributed by atoms with Crippen LogP contribution >= 0.6 is 23.4 Å². The topological polar surface area (TPSA) is 176 Å². The molecule has 1 aliphatic heterocycles. The van der Waals surface area contributed by atoms with Crippen LogP contribution < -0.4 is 0 Å². The van der Waals surface area contributed by atoms with Crippen molar-refractivity contribution in [1.82, 2.24) is 4.98 Å². The van der Waals surface area contributed by atoms with E-state index in [1.165, 1.54) is 6.92 Å². The summed E-state index contributed by atoms with van der Waals surface area (Å²) in [5.41, 5.74) is 1.64. The molecule has 53 heavy (non-hydrogen) atoms. The smallest absolute Gasteiger partial charge is 0.303 e. The van der Waals surface area contributed by atoms with Crippen LogP contribution in [0.5, 0.6) is 0 Å². The van der Waals surface area contributed by atoms with Crippen molar-refractivity contribution in [1.29, 1.82) is 5.26 Å². The van der Waals surface area contributed by atoms with Gasteiger partial charge in [0.25, 0.3) is 0 Å². The lowest BCUT2D eigenvalue weighted by atomic mass is 9.96. The maximum Gasteiger partial charge on any atom is 0.303 e. The lowest BCUT2D eigenvalue weighted by Crippen LogP contribution is -2.61. The minimum Gasteiger partial charge on any atom is -0.463 e. The third kappa shape index (κ3) is 9.83. The van der Waals surface area contributed by atoms with Crippen molar-refractivity contribution >= 4 is 58.6 Å². The summed E-state index contributed by atoms with van der Waals surface area (Å²) in [6.45, 7) is 4.20. The molecule has 0 saturated carbocycles. The summed E-state index contributed by atoms with van der Waals surface area (Å²) in [4.78, 5) is 54.0. The highest BCUT2D eigenvalue weighted by molar-refractivity contribution is 7.99. The fraction of sp³-hybridized carbons (Fsp3) is 0.263. The number of thioether (sulfide) groups is 1.